The van der Waals surface area contributed by atoms with Gasteiger partial charge in [-0.15, -0.1) is 0 Å². The second kappa shape index (κ2) is 7.98. The van der Waals surface area contributed by atoms with Gasteiger partial charge in [0.1, 0.15) is 6.54 Å². The summed E-state index contributed by atoms with van der Waals surface area (Å²) in [4.78, 5) is 16.6. The summed E-state index contributed by atoms with van der Waals surface area (Å²) in [6, 6.07) is 7.93. The first kappa shape index (κ1) is 22.4. The van der Waals surface area contributed by atoms with E-state index in [4.69, 9.17) is 10.3 Å². The molecule has 11 heteroatoms. The third kappa shape index (κ3) is 4.71. The molecule has 8 nitrogen and oxygen atoms in total. The van der Waals surface area contributed by atoms with E-state index in [2.05, 4.69) is 15.5 Å². The van der Waals surface area contributed by atoms with Gasteiger partial charge in [0, 0.05) is 29.0 Å². The van der Waals surface area contributed by atoms with Crippen LogP contribution >= 0.6 is 0 Å². The zero-order valence-electron chi connectivity index (χ0n) is 18.3. The predicted octanol–water partition coefficient (Wildman–Crippen LogP) is 4.32. The van der Waals surface area contributed by atoms with E-state index < -0.39 is 12.7 Å². The SMILES string of the molecule is CC(C)(C)n1ccc(C(=O)NCc2nc(-c3cc4c(N)cccc4n3CC(F)(F)F)no2)c1. The first-order chi connectivity index (χ1) is 15.4. The van der Waals surface area contributed by atoms with Gasteiger partial charge in [-0.2, -0.15) is 18.2 Å². The fourth-order valence-corrected chi connectivity index (χ4v) is 3.48. The fraction of sp³-hybridized carbons (Fsp3) is 0.318. The maximum absolute atomic E-state index is 13.2. The standard InChI is InChI=1S/C22H23F3N6O2/c1-21(2,3)30-8-7-13(11-30)20(32)27-10-18-28-19(29-33-18)17-9-14-15(26)5-4-6-16(14)31(17)12-22(23,24)25/h4-9,11H,10,12,26H2,1-3H3,(H,27,32). The van der Waals surface area contributed by atoms with Gasteiger partial charge in [-0.1, -0.05) is 11.2 Å². The molecule has 0 atom stereocenters. The molecule has 1 amide bonds. The molecular formula is C22H23F3N6O2. The molecule has 4 aromatic rings. The number of hydrogen-bond donors (Lipinski definition) is 2. The molecular weight excluding hydrogens is 437 g/mol. The maximum Gasteiger partial charge on any atom is 0.406 e. The first-order valence-corrected chi connectivity index (χ1v) is 10.2. The molecule has 0 aliphatic heterocycles. The van der Waals surface area contributed by atoms with E-state index in [0.717, 1.165) is 4.57 Å². The summed E-state index contributed by atoms with van der Waals surface area (Å²) in [7, 11) is 0. The molecule has 0 saturated carbocycles. The molecule has 0 unspecified atom stereocenters. The number of nitrogens with zero attached hydrogens (tertiary/aromatic N) is 4. The van der Waals surface area contributed by atoms with Crippen LogP contribution < -0.4 is 11.1 Å². The van der Waals surface area contributed by atoms with Crippen molar-refractivity contribution in [1.82, 2.24) is 24.6 Å². The van der Waals surface area contributed by atoms with Crippen LogP contribution in [0.25, 0.3) is 22.4 Å². The molecule has 0 aliphatic rings. The average molecular weight is 460 g/mol. The van der Waals surface area contributed by atoms with E-state index in [1.807, 2.05) is 31.5 Å². The fourth-order valence-electron chi connectivity index (χ4n) is 3.48. The normalized spacial score (nSPS) is 12.4. The third-order valence-corrected chi connectivity index (χ3v) is 5.14. The van der Waals surface area contributed by atoms with Crippen LogP contribution in [-0.2, 0) is 18.6 Å². The van der Waals surface area contributed by atoms with E-state index in [1.165, 1.54) is 6.07 Å². The van der Waals surface area contributed by atoms with Crippen LogP contribution in [0, 0.1) is 0 Å². The molecule has 3 heterocycles. The molecule has 3 aromatic heterocycles. The van der Waals surface area contributed by atoms with Crippen molar-refractivity contribution < 1.29 is 22.5 Å². The van der Waals surface area contributed by atoms with Crippen LogP contribution in [0.15, 0.2) is 47.2 Å². The molecule has 0 bridgehead atoms. The van der Waals surface area contributed by atoms with Gasteiger partial charge in [0.05, 0.1) is 23.3 Å². The van der Waals surface area contributed by atoms with Crippen molar-refractivity contribution in [2.45, 2.75) is 45.6 Å². The van der Waals surface area contributed by atoms with Crippen molar-refractivity contribution in [3.63, 3.8) is 0 Å². The summed E-state index contributed by atoms with van der Waals surface area (Å²) in [5, 5.41) is 6.95. The van der Waals surface area contributed by atoms with Crippen molar-refractivity contribution in [2.75, 3.05) is 5.73 Å². The lowest BCUT2D eigenvalue weighted by Gasteiger charge is -2.20. The number of fused-ring (bicyclic) bond motifs is 1. The van der Waals surface area contributed by atoms with Crippen LogP contribution in [0.5, 0.6) is 0 Å². The van der Waals surface area contributed by atoms with E-state index in [-0.39, 0.29) is 35.4 Å². The monoisotopic (exact) mass is 460 g/mol. The predicted molar refractivity (Wildman–Crippen MR) is 116 cm³/mol. The number of nitrogens with two attached hydrogens (primary N) is 1. The minimum absolute atomic E-state index is 0.0296. The molecule has 0 radical (unpaired) electrons. The van der Waals surface area contributed by atoms with Crippen molar-refractivity contribution in [3.8, 4) is 11.5 Å². The largest absolute Gasteiger partial charge is 0.406 e. The van der Waals surface area contributed by atoms with Gasteiger partial charge >= 0.3 is 6.18 Å². The van der Waals surface area contributed by atoms with E-state index in [1.54, 1.807) is 30.5 Å². The Morgan fingerprint density at radius 2 is 1.97 bits per heavy atom. The number of amides is 1. The van der Waals surface area contributed by atoms with Gasteiger partial charge in [0.25, 0.3) is 5.91 Å². The Kier molecular flexibility index (Phi) is 5.43. The molecule has 0 spiro atoms. The first-order valence-electron chi connectivity index (χ1n) is 10.2. The molecule has 0 fully saturated rings. The Morgan fingerprint density at radius 3 is 2.64 bits per heavy atom. The number of hydrogen-bond acceptors (Lipinski definition) is 5. The number of anilines is 1. The van der Waals surface area contributed by atoms with Crippen molar-refractivity contribution in [3.05, 3.63) is 54.2 Å². The highest BCUT2D eigenvalue weighted by Gasteiger charge is 2.31. The molecule has 0 saturated heterocycles. The Balaban J connectivity index is 1.56. The number of nitrogen functional groups attached to an aromatic ring is 1. The topological polar surface area (TPSA) is 104 Å². The zero-order chi connectivity index (χ0) is 24.0. The van der Waals surface area contributed by atoms with Gasteiger partial charge in [-0.3, -0.25) is 4.79 Å². The summed E-state index contributed by atoms with van der Waals surface area (Å²) >= 11 is 0. The Labute approximate surface area is 187 Å². The van der Waals surface area contributed by atoms with Gasteiger partial charge in [-0.05, 0) is 45.0 Å². The van der Waals surface area contributed by atoms with Gasteiger partial charge in [0.2, 0.25) is 11.7 Å². The lowest BCUT2D eigenvalue weighted by atomic mass is 10.1. The average Bonchev–Trinajstić information content (AvgIpc) is 3.44. The molecule has 0 aliphatic carbocycles. The number of benzene rings is 1. The molecule has 1 aromatic carbocycles. The van der Waals surface area contributed by atoms with Crippen LogP contribution in [0.1, 0.15) is 37.0 Å². The highest BCUT2D eigenvalue weighted by molar-refractivity contribution is 5.95. The zero-order valence-corrected chi connectivity index (χ0v) is 18.3. The van der Waals surface area contributed by atoms with Crippen LogP contribution in [-0.4, -0.2) is 31.4 Å². The lowest BCUT2D eigenvalue weighted by Crippen LogP contribution is -2.23. The number of aromatic nitrogens is 4. The minimum Gasteiger partial charge on any atom is -0.398 e. The lowest BCUT2D eigenvalue weighted by molar-refractivity contribution is -0.139. The molecule has 3 N–H and O–H groups in total. The van der Waals surface area contributed by atoms with E-state index in [9.17, 15) is 18.0 Å². The molecule has 174 valence electrons. The maximum atomic E-state index is 13.2. The van der Waals surface area contributed by atoms with Crippen LogP contribution in [0.2, 0.25) is 0 Å². The number of carbonyl (C=O) groups excluding carboxylic acids is 1. The Morgan fingerprint density at radius 1 is 1.21 bits per heavy atom. The quantitative estimate of drug-likeness (QED) is 0.432. The summed E-state index contributed by atoms with van der Waals surface area (Å²) < 4.78 is 47.8. The number of carbonyl (C=O) groups is 1. The van der Waals surface area contributed by atoms with Crippen LogP contribution in [0.3, 0.4) is 0 Å². The highest BCUT2D eigenvalue weighted by Crippen LogP contribution is 2.33. The van der Waals surface area contributed by atoms with Crippen molar-refractivity contribution in [2.24, 2.45) is 0 Å². The Hall–Kier alpha value is -3.76. The number of rotatable bonds is 5. The molecule has 4 rings (SSSR count). The van der Waals surface area contributed by atoms with E-state index in [0.29, 0.717) is 22.2 Å². The minimum atomic E-state index is -4.46. The summed E-state index contributed by atoms with van der Waals surface area (Å²) in [6.45, 7) is 4.73. The van der Waals surface area contributed by atoms with E-state index >= 15 is 0 Å². The summed E-state index contributed by atoms with van der Waals surface area (Å²) in [5.41, 5.74) is 7.00. The smallest absolute Gasteiger partial charge is 0.398 e. The van der Waals surface area contributed by atoms with Crippen molar-refractivity contribution >= 4 is 22.5 Å². The third-order valence-electron chi connectivity index (χ3n) is 5.14. The van der Waals surface area contributed by atoms with Crippen molar-refractivity contribution in [1.29, 1.82) is 0 Å². The summed E-state index contributed by atoms with van der Waals surface area (Å²) in [5.74, 6) is -0.305. The number of halogens is 3. The summed E-state index contributed by atoms with van der Waals surface area (Å²) in [6.07, 6.45) is -0.922. The van der Waals surface area contributed by atoms with Gasteiger partial charge in [-0.25, -0.2) is 0 Å². The molecule has 33 heavy (non-hydrogen) atoms. The second-order valence-corrected chi connectivity index (χ2v) is 8.68. The van der Waals surface area contributed by atoms with Gasteiger partial charge in [0.15, 0.2) is 0 Å². The number of alkyl halides is 3. The number of nitrogens with one attached hydrogen (secondary N) is 1. The van der Waals surface area contributed by atoms with Gasteiger partial charge < -0.3 is 24.7 Å². The van der Waals surface area contributed by atoms with Crippen LogP contribution in [0.4, 0.5) is 18.9 Å². The Bertz CT molecular complexity index is 1310. The second-order valence-electron chi connectivity index (χ2n) is 8.68. The highest BCUT2D eigenvalue weighted by atomic mass is 19.4.